The first-order valence-electron chi connectivity index (χ1n) is 7.45. The summed E-state index contributed by atoms with van der Waals surface area (Å²) < 4.78 is 0. The molecule has 0 saturated heterocycles. The van der Waals surface area contributed by atoms with Crippen molar-refractivity contribution < 1.29 is 4.79 Å². The van der Waals surface area contributed by atoms with Gasteiger partial charge in [-0.25, -0.2) is 0 Å². The second kappa shape index (κ2) is 5.64. The van der Waals surface area contributed by atoms with Gasteiger partial charge in [0, 0.05) is 18.7 Å². The lowest BCUT2D eigenvalue weighted by atomic mass is 10.0. The van der Waals surface area contributed by atoms with Crippen LogP contribution in [0.3, 0.4) is 0 Å². The number of fused-ring (bicyclic) bond motifs is 1. The fourth-order valence-corrected chi connectivity index (χ4v) is 3.28. The van der Waals surface area contributed by atoms with Crippen LogP contribution in [0, 0.1) is 5.92 Å². The zero-order valence-corrected chi connectivity index (χ0v) is 11.3. The molecule has 0 radical (unpaired) electrons. The fourth-order valence-electron chi connectivity index (χ4n) is 3.28. The minimum atomic E-state index is -0.0824. The van der Waals surface area contributed by atoms with Crippen molar-refractivity contribution in [3.05, 3.63) is 29.8 Å². The van der Waals surface area contributed by atoms with E-state index >= 15 is 0 Å². The Balaban J connectivity index is 1.44. The number of hydrogen-bond acceptors (Lipinski definition) is 2. The number of carbonyl (C=O) groups is 1. The topological polar surface area (TPSA) is 41.1 Å². The minimum Gasteiger partial charge on any atom is -0.373 e. The van der Waals surface area contributed by atoms with Crippen molar-refractivity contribution in [3.8, 4) is 0 Å². The van der Waals surface area contributed by atoms with E-state index in [4.69, 9.17) is 0 Å². The lowest BCUT2D eigenvalue weighted by molar-refractivity contribution is -0.121. The van der Waals surface area contributed by atoms with Crippen molar-refractivity contribution in [2.24, 2.45) is 5.92 Å². The summed E-state index contributed by atoms with van der Waals surface area (Å²) >= 11 is 0. The Morgan fingerprint density at radius 3 is 2.84 bits per heavy atom. The fraction of sp³-hybridized carbons (Fsp3) is 0.562. The van der Waals surface area contributed by atoms with Gasteiger partial charge in [0.2, 0.25) is 5.91 Å². The van der Waals surface area contributed by atoms with Gasteiger partial charge in [0.25, 0.3) is 0 Å². The average Bonchev–Trinajstić information content (AvgIpc) is 3.07. The lowest BCUT2D eigenvalue weighted by Gasteiger charge is -2.13. The van der Waals surface area contributed by atoms with E-state index in [1.165, 1.54) is 31.2 Å². The molecular formula is C16H22N2O. The number of para-hydroxylation sites is 1. The third kappa shape index (κ3) is 2.91. The predicted octanol–water partition coefficient (Wildman–Crippen LogP) is 2.72. The standard InChI is InChI=1S/C16H22N2O/c19-16(17-10-9-12-5-1-2-6-12)15-11-13-7-3-4-8-14(13)18-15/h3-4,7-8,12,15,18H,1-2,5-6,9-11H2,(H,17,19). The zero-order valence-electron chi connectivity index (χ0n) is 11.3. The molecule has 3 heteroatoms. The molecule has 102 valence electrons. The van der Waals surface area contributed by atoms with E-state index in [2.05, 4.69) is 16.7 Å². The molecule has 1 aliphatic carbocycles. The predicted molar refractivity (Wildman–Crippen MR) is 77.1 cm³/mol. The van der Waals surface area contributed by atoms with Crippen LogP contribution in [0.25, 0.3) is 0 Å². The quantitative estimate of drug-likeness (QED) is 0.872. The van der Waals surface area contributed by atoms with Crippen LogP contribution in [0.4, 0.5) is 5.69 Å². The van der Waals surface area contributed by atoms with Crippen LogP contribution in [0.5, 0.6) is 0 Å². The maximum Gasteiger partial charge on any atom is 0.242 e. The maximum atomic E-state index is 12.1. The Bertz CT molecular complexity index is 427. The van der Waals surface area contributed by atoms with Crippen molar-refractivity contribution in [2.75, 3.05) is 11.9 Å². The van der Waals surface area contributed by atoms with Gasteiger partial charge in [0.1, 0.15) is 6.04 Å². The van der Waals surface area contributed by atoms with Gasteiger partial charge >= 0.3 is 0 Å². The molecule has 0 spiro atoms. The van der Waals surface area contributed by atoms with Gasteiger partial charge in [-0.05, 0) is 24.0 Å². The van der Waals surface area contributed by atoms with Crippen molar-refractivity contribution in [1.82, 2.24) is 5.32 Å². The van der Waals surface area contributed by atoms with Gasteiger partial charge in [0.15, 0.2) is 0 Å². The van der Waals surface area contributed by atoms with Gasteiger partial charge in [-0.3, -0.25) is 4.79 Å². The largest absolute Gasteiger partial charge is 0.373 e. The van der Waals surface area contributed by atoms with Crippen LogP contribution in [-0.4, -0.2) is 18.5 Å². The number of rotatable bonds is 4. The number of benzene rings is 1. The highest BCUT2D eigenvalue weighted by molar-refractivity contribution is 5.87. The summed E-state index contributed by atoms with van der Waals surface area (Å²) in [7, 11) is 0. The molecule has 19 heavy (non-hydrogen) atoms. The number of hydrogen-bond donors (Lipinski definition) is 2. The van der Waals surface area contributed by atoms with Crippen molar-refractivity contribution in [1.29, 1.82) is 0 Å². The smallest absolute Gasteiger partial charge is 0.242 e. The van der Waals surface area contributed by atoms with Crippen LogP contribution in [-0.2, 0) is 11.2 Å². The summed E-state index contributed by atoms with van der Waals surface area (Å²) in [5.41, 5.74) is 2.36. The first-order valence-corrected chi connectivity index (χ1v) is 7.45. The Labute approximate surface area is 114 Å². The van der Waals surface area contributed by atoms with E-state index in [0.717, 1.165) is 31.0 Å². The maximum absolute atomic E-state index is 12.1. The van der Waals surface area contributed by atoms with Crippen molar-refractivity contribution in [2.45, 2.75) is 44.6 Å². The summed E-state index contributed by atoms with van der Waals surface area (Å²) in [6.45, 7) is 0.831. The number of anilines is 1. The molecule has 1 heterocycles. The molecule has 1 aromatic rings. The van der Waals surface area contributed by atoms with E-state index in [9.17, 15) is 4.79 Å². The van der Waals surface area contributed by atoms with Gasteiger partial charge < -0.3 is 10.6 Å². The Hall–Kier alpha value is -1.51. The van der Waals surface area contributed by atoms with E-state index < -0.39 is 0 Å². The summed E-state index contributed by atoms with van der Waals surface area (Å²) in [4.78, 5) is 12.1. The molecule has 1 atom stereocenters. The van der Waals surface area contributed by atoms with E-state index in [-0.39, 0.29) is 11.9 Å². The molecule has 2 N–H and O–H groups in total. The number of nitrogens with one attached hydrogen (secondary N) is 2. The summed E-state index contributed by atoms with van der Waals surface area (Å²) in [6, 6.07) is 8.09. The average molecular weight is 258 g/mol. The van der Waals surface area contributed by atoms with Crippen molar-refractivity contribution >= 4 is 11.6 Å². The molecule has 1 unspecified atom stereocenters. The van der Waals surface area contributed by atoms with Crippen LogP contribution < -0.4 is 10.6 Å². The van der Waals surface area contributed by atoms with E-state index in [0.29, 0.717) is 0 Å². The molecule has 1 fully saturated rings. The molecule has 0 bridgehead atoms. The normalized spacial score (nSPS) is 22.0. The summed E-state index contributed by atoms with van der Waals surface area (Å²) in [5, 5.41) is 6.39. The summed E-state index contributed by atoms with van der Waals surface area (Å²) in [6.07, 6.45) is 7.40. The van der Waals surface area contributed by atoms with E-state index in [1.807, 2.05) is 18.2 Å². The van der Waals surface area contributed by atoms with Gasteiger partial charge in [-0.1, -0.05) is 43.9 Å². The van der Waals surface area contributed by atoms with Crippen LogP contribution in [0.15, 0.2) is 24.3 Å². The lowest BCUT2D eigenvalue weighted by Crippen LogP contribution is -2.39. The highest BCUT2D eigenvalue weighted by Crippen LogP contribution is 2.27. The Morgan fingerprint density at radius 1 is 1.26 bits per heavy atom. The Morgan fingerprint density at radius 2 is 2.05 bits per heavy atom. The van der Waals surface area contributed by atoms with Crippen molar-refractivity contribution in [3.63, 3.8) is 0 Å². The van der Waals surface area contributed by atoms with Crippen LogP contribution in [0.1, 0.15) is 37.7 Å². The molecule has 3 nitrogen and oxygen atoms in total. The summed E-state index contributed by atoms with van der Waals surface area (Å²) in [5.74, 6) is 0.989. The zero-order chi connectivity index (χ0) is 13.1. The molecule has 1 aliphatic heterocycles. The molecule has 1 aromatic carbocycles. The Kier molecular flexibility index (Phi) is 3.72. The third-order valence-corrected chi connectivity index (χ3v) is 4.41. The molecule has 1 saturated carbocycles. The van der Waals surface area contributed by atoms with Gasteiger partial charge in [-0.2, -0.15) is 0 Å². The van der Waals surface area contributed by atoms with E-state index in [1.54, 1.807) is 0 Å². The van der Waals surface area contributed by atoms with Gasteiger partial charge in [0.05, 0.1) is 0 Å². The first kappa shape index (κ1) is 12.5. The third-order valence-electron chi connectivity index (χ3n) is 4.41. The SMILES string of the molecule is O=C(NCCC1CCCC1)C1Cc2ccccc2N1. The molecule has 1 amide bonds. The first-order chi connectivity index (χ1) is 9.33. The van der Waals surface area contributed by atoms with Gasteiger partial charge in [-0.15, -0.1) is 0 Å². The second-order valence-electron chi connectivity index (χ2n) is 5.79. The highest BCUT2D eigenvalue weighted by atomic mass is 16.2. The molecule has 2 aliphatic rings. The number of carbonyl (C=O) groups excluding carboxylic acids is 1. The van der Waals surface area contributed by atoms with Crippen LogP contribution in [0.2, 0.25) is 0 Å². The van der Waals surface area contributed by atoms with Crippen LogP contribution >= 0.6 is 0 Å². The second-order valence-corrected chi connectivity index (χ2v) is 5.79. The highest BCUT2D eigenvalue weighted by Gasteiger charge is 2.26. The molecular weight excluding hydrogens is 236 g/mol. The monoisotopic (exact) mass is 258 g/mol. The molecule has 0 aromatic heterocycles. The minimum absolute atomic E-state index is 0.0824. The number of amides is 1. The molecule has 3 rings (SSSR count).